The Labute approximate surface area is 141 Å². The fraction of sp³-hybridized carbons (Fsp3) is 0.500. The molecule has 0 fully saturated rings. The molecule has 0 unspecified atom stereocenters. The fourth-order valence-corrected chi connectivity index (χ4v) is 3.43. The normalized spacial score (nSPS) is 11.3. The second kappa shape index (κ2) is 8.04. The summed E-state index contributed by atoms with van der Waals surface area (Å²) in [6.07, 6.45) is 2.82. The topological polar surface area (TPSA) is 57.7 Å². The summed E-state index contributed by atoms with van der Waals surface area (Å²) in [6, 6.07) is 4.68. The van der Waals surface area contributed by atoms with Crippen LogP contribution in [0.1, 0.15) is 19.8 Å². The molecular formula is C14H20Cl2N2O3S. The monoisotopic (exact) mass is 366 g/mol. The van der Waals surface area contributed by atoms with Crippen LogP contribution in [0, 0.1) is 0 Å². The first-order valence-electron chi connectivity index (χ1n) is 6.84. The van der Waals surface area contributed by atoms with Gasteiger partial charge >= 0.3 is 0 Å². The van der Waals surface area contributed by atoms with E-state index in [2.05, 4.69) is 0 Å². The van der Waals surface area contributed by atoms with E-state index in [-0.39, 0.29) is 28.2 Å². The maximum atomic E-state index is 12.2. The van der Waals surface area contributed by atoms with E-state index in [1.807, 2.05) is 6.92 Å². The standard InChI is InChI=1S/C14H20Cl2N2O3S/c1-4-5-9-17(2)13(19)10-18(22(3,20)21)14-11(15)7-6-8-12(14)16/h6-8H,4-5,9-10H2,1-3H3. The van der Waals surface area contributed by atoms with Gasteiger partial charge in [0.15, 0.2) is 0 Å². The lowest BCUT2D eigenvalue weighted by Crippen LogP contribution is -2.41. The molecule has 0 bridgehead atoms. The van der Waals surface area contributed by atoms with Crippen LogP contribution in [0.2, 0.25) is 10.0 Å². The number of hydrogen-bond acceptors (Lipinski definition) is 3. The summed E-state index contributed by atoms with van der Waals surface area (Å²) in [4.78, 5) is 13.7. The van der Waals surface area contributed by atoms with Crippen LogP contribution in [0.4, 0.5) is 5.69 Å². The quantitative estimate of drug-likeness (QED) is 0.744. The number of unbranched alkanes of at least 4 members (excludes halogenated alkanes) is 1. The molecule has 124 valence electrons. The number of halogens is 2. The zero-order chi connectivity index (χ0) is 16.9. The summed E-state index contributed by atoms with van der Waals surface area (Å²) in [5.41, 5.74) is 0.130. The molecule has 0 aliphatic heterocycles. The molecule has 1 aromatic carbocycles. The zero-order valence-electron chi connectivity index (χ0n) is 12.8. The van der Waals surface area contributed by atoms with Crippen molar-refractivity contribution in [2.45, 2.75) is 19.8 Å². The Balaban J connectivity index is 3.09. The molecule has 0 saturated heterocycles. The summed E-state index contributed by atoms with van der Waals surface area (Å²) >= 11 is 12.1. The number of rotatable bonds is 7. The van der Waals surface area contributed by atoms with Gasteiger partial charge < -0.3 is 4.90 Å². The van der Waals surface area contributed by atoms with Crippen LogP contribution in [0.25, 0.3) is 0 Å². The summed E-state index contributed by atoms with van der Waals surface area (Å²) in [7, 11) is -2.05. The molecule has 0 radical (unpaired) electrons. The van der Waals surface area contributed by atoms with Gasteiger partial charge in [-0.25, -0.2) is 8.42 Å². The largest absolute Gasteiger partial charge is 0.344 e. The van der Waals surface area contributed by atoms with Crippen LogP contribution in [-0.2, 0) is 14.8 Å². The van der Waals surface area contributed by atoms with Crippen LogP contribution in [0.3, 0.4) is 0 Å². The number of amides is 1. The summed E-state index contributed by atoms with van der Waals surface area (Å²) in [6.45, 7) is 2.26. The molecule has 0 saturated carbocycles. The number of nitrogens with zero attached hydrogens (tertiary/aromatic N) is 2. The van der Waals surface area contributed by atoms with E-state index in [1.54, 1.807) is 13.1 Å². The first-order valence-corrected chi connectivity index (χ1v) is 9.44. The van der Waals surface area contributed by atoms with Gasteiger partial charge in [0, 0.05) is 13.6 Å². The smallest absolute Gasteiger partial charge is 0.243 e. The number of benzene rings is 1. The van der Waals surface area contributed by atoms with Gasteiger partial charge in [-0.2, -0.15) is 0 Å². The Morgan fingerprint density at radius 2 is 1.77 bits per heavy atom. The molecule has 1 rings (SSSR count). The lowest BCUT2D eigenvalue weighted by atomic mass is 10.3. The highest BCUT2D eigenvalue weighted by Gasteiger charge is 2.26. The van der Waals surface area contributed by atoms with E-state index >= 15 is 0 Å². The van der Waals surface area contributed by atoms with E-state index < -0.39 is 10.0 Å². The van der Waals surface area contributed by atoms with E-state index in [0.717, 1.165) is 23.4 Å². The molecule has 5 nitrogen and oxygen atoms in total. The van der Waals surface area contributed by atoms with Crippen molar-refractivity contribution < 1.29 is 13.2 Å². The van der Waals surface area contributed by atoms with Gasteiger partial charge in [-0.3, -0.25) is 9.10 Å². The van der Waals surface area contributed by atoms with Crippen molar-refractivity contribution in [2.24, 2.45) is 0 Å². The fourth-order valence-electron chi connectivity index (χ4n) is 1.85. The molecule has 0 spiro atoms. The number of carbonyl (C=O) groups is 1. The van der Waals surface area contributed by atoms with Crippen LogP contribution >= 0.6 is 23.2 Å². The van der Waals surface area contributed by atoms with Crippen molar-refractivity contribution in [3.63, 3.8) is 0 Å². The second-order valence-corrected chi connectivity index (χ2v) is 7.73. The van der Waals surface area contributed by atoms with E-state index in [9.17, 15) is 13.2 Å². The maximum absolute atomic E-state index is 12.2. The number of sulfonamides is 1. The number of para-hydroxylation sites is 1. The van der Waals surface area contributed by atoms with Gasteiger partial charge in [-0.15, -0.1) is 0 Å². The highest BCUT2D eigenvalue weighted by atomic mass is 35.5. The van der Waals surface area contributed by atoms with Crippen LogP contribution < -0.4 is 4.31 Å². The Morgan fingerprint density at radius 1 is 1.23 bits per heavy atom. The predicted octanol–water partition coefficient (Wildman–Crippen LogP) is 3.02. The predicted molar refractivity (Wildman–Crippen MR) is 91.2 cm³/mol. The summed E-state index contributed by atoms with van der Waals surface area (Å²) < 4.78 is 25.0. The first-order chi connectivity index (χ1) is 10.2. The Bertz CT molecular complexity index is 615. The molecule has 0 heterocycles. The molecule has 1 aromatic rings. The van der Waals surface area contributed by atoms with Crippen molar-refractivity contribution >= 4 is 44.8 Å². The zero-order valence-corrected chi connectivity index (χ0v) is 15.2. The third-order valence-corrected chi connectivity index (χ3v) is 4.86. The first kappa shape index (κ1) is 19.1. The molecule has 1 amide bonds. The Kier molecular flexibility index (Phi) is 6.97. The second-order valence-electron chi connectivity index (χ2n) is 5.01. The molecular weight excluding hydrogens is 347 g/mol. The van der Waals surface area contributed by atoms with E-state index in [4.69, 9.17) is 23.2 Å². The van der Waals surface area contributed by atoms with Gasteiger partial charge in [-0.1, -0.05) is 42.6 Å². The SMILES string of the molecule is CCCCN(C)C(=O)CN(c1c(Cl)cccc1Cl)S(C)(=O)=O. The molecule has 8 heteroatoms. The Morgan fingerprint density at radius 3 is 2.23 bits per heavy atom. The van der Waals surface area contributed by atoms with E-state index in [0.29, 0.717) is 6.54 Å². The minimum Gasteiger partial charge on any atom is -0.344 e. The molecule has 0 atom stereocenters. The van der Waals surface area contributed by atoms with Crippen molar-refractivity contribution in [3.8, 4) is 0 Å². The lowest BCUT2D eigenvalue weighted by Gasteiger charge is -2.26. The lowest BCUT2D eigenvalue weighted by molar-refractivity contribution is -0.128. The van der Waals surface area contributed by atoms with Crippen molar-refractivity contribution in [2.75, 3.05) is 30.7 Å². The summed E-state index contributed by atoms with van der Waals surface area (Å²) in [5, 5.41) is 0.365. The highest BCUT2D eigenvalue weighted by Crippen LogP contribution is 2.34. The van der Waals surface area contributed by atoms with Gasteiger partial charge in [0.05, 0.1) is 22.0 Å². The van der Waals surface area contributed by atoms with Crippen LogP contribution in [-0.4, -0.2) is 45.6 Å². The number of carbonyl (C=O) groups excluding carboxylic acids is 1. The minimum absolute atomic E-state index is 0.130. The summed E-state index contributed by atoms with van der Waals surface area (Å²) in [5.74, 6) is -0.310. The molecule has 0 N–H and O–H groups in total. The van der Waals surface area contributed by atoms with Gasteiger partial charge in [0.1, 0.15) is 6.54 Å². The van der Waals surface area contributed by atoms with Crippen LogP contribution in [0.15, 0.2) is 18.2 Å². The molecule has 0 aliphatic rings. The molecule has 22 heavy (non-hydrogen) atoms. The number of anilines is 1. The average molecular weight is 367 g/mol. The maximum Gasteiger partial charge on any atom is 0.243 e. The van der Waals surface area contributed by atoms with Crippen molar-refractivity contribution in [1.82, 2.24) is 4.90 Å². The average Bonchev–Trinajstić information content (AvgIpc) is 2.42. The van der Waals surface area contributed by atoms with Gasteiger partial charge in [-0.05, 0) is 18.6 Å². The third-order valence-electron chi connectivity index (χ3n) is 3.14. The highest BCUT2D eigenvalue weighted by molar-refractivity contribution is 7.92. The number of likely N-dealkylation sites (N-methyl/N-ethyl adjacent to an activating group) is 1. The number of hydrogen-bond donors (Lipinski definition) is 0. The Hall–Kier alpha value is -0.980. The van der Waals surface area contributed by atoms with Crippen molar-refractivity contribution in [3.05, 3.63) is 28.2 Å². The minimum atomic E-state index is -3.70. The van der Waals surface area contributed by atoms with Crippen molar-refractivity contribution in [1.29, 1.82) is 0 Å². The van der Waals surface area contributed by atoms with Gasteiger partial charge in [0.25, 0.3) is 0 Å². The van der Waals surface area contributed by atoms with Gasteiger partial charge in [0.2, 0.25) is 15.9 Å². The third kappa shape index (κ3) is 5.04. The van der Waals surface area contributed by atoms with E-state index in [1.165, 1.54) is 17.0 Å². The molecule has 0 aromatic heterocycles. The molecule has 0 aliphatic carbocycles. The van der Waals surface area contributed by atoms with Crippen LogP contribution in [0.5, 0.6) is 0 Å².